The minimum Gasteiger partial charge on any atom is -0.370 e. The molecule has 0 aromatic rings. The Morgan fingerprint density at radius 3 is 2.76 bits per heavy atom. The van der Waals surface area contributed by atoms with Crippen molar-refractivity contribution >= 4 is 11.9 Å². The molecule has 1 heterocycles. The summed E-state index contributed by atoms with van der Waals surface area (Å²) in [7, 11) is 0. The van der Waals surface area contributed by atoms with Gasteiger partial charge in [-0.2, -0.15) is 0 Å². The molecule has 0 aromatic heterocycles. The van der Waals surface area contributed by atoms with Gasteiger partial charge in [-0.25, -0.2) is 0 Å². The van der Waals surface area contributed by atoms with Crippen molar-refractivity contribution in [3.8, 4) is 0 Å². The number of nitrogens with zero attached hydrogens (tertiary/aromatic N) is 2. The number of carbonyl (C=O) groups excluding carboxylic acids is 1. The van der Waals surface area contributed by atoms with E-state index in [1.165, 1.54) is 0 Å². The van der Waals surface area contributed by atoms with E-state index in [-0.39, 0.29) is 11.9 Å². The summed E-state index contributed by atoms with van der Waals surface area (Å²) in [4.78, 5) is 17.5. The molecule has 0 spiro atoms. The van der Waals surface area contributed by atoms with E-state index in [9.17, 15) is 4.79 Å². The Bertz CT molecular complexity index is 309. The van der Waals surface area contributed by atoms with Crippen LogP contribution < -0.4 is 17.2 Å². The predicted molar refractivity (Wildman–Crippen MR) is 68.2 cm³/mol. The van der Waals surface area contributed by atoms with Crippen molar-refractivity contribution in [1.82, 2.24) is 4.90 Å². The van der Waals surface area contributed by atoms with Gasteiger partial charge in [-0.1, -0.05) is 12.2 Å². The van der Waals surface area contributed by atoms with Crippen LogP contribution in [0.4, 0.5) is 0 Å². The molecular formula is C11H21N5O. The first-order valence-corrected chi connectivity index (χ1v) is 5.86. The third kappa shape index (κ3) is 4.86. The molecule has 1 rings (SSSR count). The molecular weight excluding hydrogens is 218 g/mol. The third-order valence-electron chi connectivity index (χ3n) is 2.65. The quantitative estimate of drug-likeness (QED) is 0.251. The summed E-state index contributed by atoms with van der Waals surface area (Å²) in [5, 5.41) is 0. The summed E-state index contributed by atoms with van der Waals surface area (Å²) in [5.41, 5.74) is 16.2. The van der Waals surface area contributed by atoms with Crippen molar-refractivity contribution in [3.63, 3.8) is 0 Å². The highest BCUT2D eigenvalue weighted by molar-refractivity contribution is 5.81. The van der Waals surface area contributed by atoms with Crippen molar-refractivity contribution < 1.29 is 4.79 Å². The van der Waals surface area contributed by atoms with E-state index in [0.717, 1.165) is 13.0 Å². The second-order valence-corrected chi connectivity index (χ2v) is 4.10. The molecule has 0 fully saturated rings. The Labute approximate surface area is 102 Å². The smallest absolute Gasteiger partial charge is 0.239 e. The molecule has 17 heavy (non-hydrogen) atoms. The van der Waals surface area contributed by atoms with Gasteiger partial charge in [0.15, 0.2) is 5.96 Å². The molecule has 1 aliphatic rings. The first-order chi connectivity index (χ1) is 8.11. The maximum absolute atomic E-state index is 11.9. The van der Waals surface area contributed by atoms with Gasteiger partial charge in [-0.05, 0) is 19.3 Å². The Morgan fingerprint density at radius 2 is 2.18 bits per heavy atom. The largest absolute Gasteiger partial charge is 0.370 e. The van der Waals surface area contributed by atoms with Crippen LogP contribution >= 0.6 is 0 Å². The number of carbonyl (C=O) groups is 1. The average Bonchev–Trinajstić information content (AvgIpc) is 2.34. The molecule has 6 heteroatoms. The van der Waals surface area contributed by atoms with Crippen molar-refractivity contribution in [1.29, 1.82) is 0 Å². The number of guanidine groups is 1. The average molecular weight is 239 g/mol. The van der Waals surface area contributed by atoms with Crippen molar-refractivity contribution in [2.24, 2.45) is 22.2 Å². The van der Waals surface area contributed by atoms with Crippen LogP contribution in [0.15, 0.2) is 17.1 Å². The fourth-order valence-corrected chi connectivity index (χ4v) is 1.72. The van der Waals surface area contributed by atoms with Gasteiger partial charge in [-0.3, -0.25) is 9.79 Å². The molecule has 0 aromatic carbocycles. The summed E-state index contributed by atoms with van der Waals surface area (Å²) in [6, 6.07) is -0.448. The number of rotatable bonds is 5. The van der Waals surface area contributed by atoms with Gasteiger partial charge >= 0.3 is 0 Å². The van der Waals surface area contributed by atoms with Gasteiger partial charge in [0.25, 0.3) is 0 Å². The summed E-state index contributed by atoms with van der Waals surface area (Å²) in [5.74, 6) is 0.0881. The minimum atomic E-state index is -0.448. The minimum absolute atomic E-state index is 0.0130. The van der Waals surface area contributed by atoms with E-state index in [4.69, 9.17) is 17.2 Å². The lowest BCUT2D eigenvalue weighted by Gasteiger charge is -2.26. The zero-order valence-corrected chi connectivity index (χ0v) is 10.0. The second-order valence-electron chi connectivity index (χ2n) is 4.10. The monoisotopic (exact) mass is 239 g/mol. The van der Waals surface area contributed by atoms with Crippen LogP contribution in [0.3, 0.4) is 0 Å². The molecule has 0 radical (unpaired) electrons. The molecule has 0 unspecified atom stereocenters. The van der Waals surface area contributed by atoms with Gasteiger partial charge in [0, 0.05) is 19.6 Å². The predicted octanol–water partition coefficient (Wildman–Crippen LogP) is -0.844. The van der Waals surface area contributed by atoms with Crippen LogP contribution in [0.5, 0.6) is 0 Å². The molecule has 6 nitrogen and oxygen atoms in total. The SMILES string of the molecule is NC(N)=NCCC[C@H](N)C(=O)N1CC=CCC1. The first kappa shape index (κ1) is 13.5. The highest BCUT2D eigenvalue weighted by Gasteiger charge is 2.20. The van der Waals surface area contributed by atoms with Gasteiger partial charge in [0.1, 0.15) is 0 Å². The van der Waals surface area contributed by atoms with Gasteiger partial charge in [0.2, 0.25) is 5.91 Å². The summed E-state index contributed by atoms with van der Waals surface area (Å²) >= 11 is 0. The maximum Gasteiger partial charge on any atom is 0.239 e. The second kappa shape index (κ2) is 6.90. The fraction of sp³-hybridized carbons (Fsp3) is 0.636. The van der Waals surface area contributed by atoms with Crippen LogP contribution in [-0.4, -0.2) is 42.4 Å². The number of hydrogen-bond acceptors (Lipinski definition) is 3. The lowest BCUT2D eigenvalue weighted by atomic mass is 10.1. The number of nitrogens with two attached hydrogens (primary N) is 3. The highest BCUT2D eigenvalue weighted by Crippen LogP contribution is 2.06. The Balaban J connectivity index is 2.26. The molecule has 0 saturated heterocycles. The molecule has 96 valence electrons. The van der Waals surface area contributed by atoms with Crippen LogP contribution in [0.2, 0.25) is 0 Å². The van der Waals surface area contributed by atoms with Crippen LogP contribution in [0.25, 0.3) is 0 Å². The maximum atomic E-state index is 11.9. The Kier molecular flexibility index (Phi) is 5.48. The standard InChI is InChI=1S/C11H21N5O/c12-9(5-4-6-15-11(13)14)10(17)16-7-2-1-3-8-16/h1-2,9H,3-8,12H2,(H4,13,14,15)/t9-/m0/s1. The summed E-state index contributed by atoms with van der Waals surface area (Å²) in [6.07, 6.45) is 6.30. The van der Waals surface area contributed by atoms with E-state index < -0.39 is 6.04 Å². The molecule has 1 aliphatic heterocycles. The van der Waals surface area contributed by atoms with Gasteiger partial charge in [0.05, 0.1) is 6.04 Å². The first-order valence-electron chi connectivity index (χ1n) is 5.86. The molecule has 0 aliphatic carbocycles. The Morgan fingerprint density at radius 1 is 1.41 bits per heavy atom. The van der Waals surface area contributed by atoms with E-state index in [0.29, 0.717) is 25.9 Å². The van der Waals surface area contributed by atoms with Gasteiger partial charge in [-0.15, -0.1) is 0 Å². The summed E-state index contributed by atoms with van der Waals surface area (Å²) in [6.45, 7) is 1.95. The normalized spacial score (nSPS) is 16.6. The lowest BCUT2D eigenvalue weighted by molar-refractivity contribution is -0.132. The number of amides is 1. The van der Waals surface area contributed by atoms with E-state index >= 15 is 0 Å². The van der Waals surface area contributed by atoms with Crippen LogP contribution in [-0.2, 0) is 4.79 Å². The molecule has 0 saturated carbocycles. The molecule has 1 atom stereocenters. The topological polar surface area (TPSA) is 111 Å². The van der Waals surface area contributed by atoms with E-state index in [2.05, 4.69) is 11.1 Å². The molecule has 1 amide bonds. The molecule has 6 N–H and O–H groups in total. The Hall–Kier alpha value is -1.56. The highest BCUT2D eigenvalue weighted by atomic mass is 16.2. The lowest BCUT2D eigenvalue weighted by Crippen LogP contribution is -2.45. The zero-order chi connectivity index (χ0) is 12.7. The van der Waals surface area contributed by atoms with Crippen LogP contribution in [0.1, 0.15) is 19.3 Å². The van der Waals surface area contributed by atoms with Crippen LogP contribution in [0, 0.1) is 0 Å². The third-order valence-corrected chi connectivity index (χ3v) is 2.65. The van der Waals surface area contributed by atoms with E-state index in [1.54, 1.807) is 4.90 Å². The number of hydrogen-bond donors (Lipinski definition) is 3. The van der Waals surface area contributed by atoms with E-state index in [1.807, 2.05) is 6.08 Å². The summed E-state index contributed by atoms with van der Waals surface area (Å²) < 4.78 is 0. The van der Waals surface area contributed by atoms with Crippen molar-refractivity contribution in [3.05, 3.63) is 12.2 Å². The molecule has 0 bridgehead atoms. The van der Waals surface area contributed by atoms with Crippen molar-refractivity contribution in [2.75, 3.05) is 19.6 Å². The zero-order valence-electron chi connectivity index (χ0n) is 10.0. The van der Waals surface area contributed by atoms with Crippen molar-refractivity contribution in [2.45, 2.75) is 25.3 Å². The van der Waals surface area contributed by atoms with Gasteiger partial charge < -0.3 is 22.1 Å². The fourth-order valence-electron chi connectivity index (χ4n) is 1.72. The number of aliphatic imine (C=N–C) groups is 1.